The predicted molar refractivity (Wildman–Crippen MR) is 71.8 cm³/mol. The van der Waals surface area contributed by atoms with Gasteiger partial charge in [0, 0.05) is 12.1 Å². The topological polar surface area (TPSA) is 49.8 Å². The van der Waals surface area contributed by atoms with Gasteiger partial charge in [-0.3, -0.25) is 4.79 Å². The molecule has 2 rings (SSSR count). The third-order valence-electron chi connectivity index (χ3n) is 3.25. The third kappa shape index (κ3) is 2.52. The minimum Gasteiger partial charge on any atom is -0.496 e. The van der Waals surface area contributed by atoms with Gasteiger partial charge >= 0.3 is 0 Å². The number of carbonyl (C=O) groups is 1. The quantitative estimate of drug-likeness (QED) is 0.929. The van der Waals surface area contributed by atoms with Crippen LogP contribution in [0.1, 0.15) is 23.2 Å². The fourth-order valence-electron chi connectivity index (χ4n) is 2.26. The number of hydrogen-bond donors (Lipinski definition) is 1. The van der Waals surface area contributed by atoms with Crippen molar-refractivity contribution in [2.75, 3.05) is 20.3 Å². The van der Waals surface area contributed by atoms with E-state index in [1.54, 1.807) is 30.2 Å². The van der Waals surface area contributed by atoms with E-state index < -0.39 is 0 Å². The van der Waals surface area contributed by atoms with Gasteiger partial charge in [-0.1, -0.05) is 0 Å². The van der Waals surface area contributed by atoms with Gasteiger partial charge in [-0.25, -0.2) is 0 Å². The first-order valence-electron chi connectivity index (χ1n) is 5.92. The van der Waals surface area contributed by atoms with E-state index in [2.05, 4.69) is 15.9 Å². The second kappa shape index (κ2) is 5.71. The molecule has 5 heteroatoms. The summed E-state index contributed by atoms with van der Waals surface area (Å²) in [5, 5.41) is 9.25. The number of nitrogens with zero attached hydrogens (tertiary/aromatic N) is 1. The molecule has 1 fully saturated rings. The van der Waals surface area contributed by atoms with E-state index in [0.29, 0.717) is 17.9 Å². The van der Waals surface area contributed by atoms with Crippen LogP contribution >= 0.6 is 15.9 Å². The first kappa shape index (κ1) is 13.4. The molecule has 0 aliphatic carbocycles. The fraction of sp³-hybridized carbons (Fsp3) is 0.462. The SMILES string of the molecule is COc1ccc(C(=O)N2CCC[C@H]2CO)cc1Br. The molecule has 1 heterocycles. The van der Waals surface area contributed by atoms with Crippen LogP contribution in [-0.2, 0) is 0 Å². The van der Waals surface area contributed by atoms with Crippen LogP contribution in [0.3, 0.4) is 0 Å². The molecule has 98 valence electrons. The Bertz CT molecular complexity index is 450. The minimum atomic E-state index is -0.0432. The lowest BCUT2D eigenvalue weighted by atomic mass is 10.1. The number of likely N-dealkylation sites (tertiary alicyclic amines) is 1. The number of ether oxygens (including phenoxy) is 1. The molecule has 1 amide bonds. The number of halogens is 1. The van der Waals surface area contributed by atoms with Crippen molar-refractivity contribution in [3.8, 4) is 5.75 Å². The largest absolute Gasteiger partial charge is 0.496 e. The molecule has 0 radical (unpaired) electrons. The zero-order valence-corrected chi connectivity index (χ0v) is 11.8. The molecule has 1 aromatic rings. The molecule has 1 atom stereocenters. The lowest BCUT2D eigenvalue weighted by molar-refractivity contribution is 0.0677. The average Bonchev–Trinajstić information content (AvgIpc) is 2.86. The number of aliphatic hydroxyl groups excluding tert-OH is 1. The first-order valence-corrected chi connectivity index (χ1v) is 6.72. The van der Waals surface area contributed by atoms with Gasteiger partial charge in [-0.2, -0.15) is 0 Å². The zero-order valence-electron chi connectivity index (χ0n) is 10.2. The molecule has 0 aromatic heterocycles. The van der Waals surface area contributed by atoms with Crippen LogP contribution in [0.5, 0.6) is 5.75 Å². The summed E-state index contributed by atoms with van der Waals surface area (Å²) in [4.78, 5) is 14.1. The summed E-state index contributed by atoms with van der Waals surface area (Å²) in [6.07, 6.45) is 1.83. The van der Waals surface area contributed by atoms with E-state index in [1.165, 1.54) is 0 Å². The number of rotatable bonds is 3. The molecule has 1 saturated heterocycles. The van der Waals surface area contributed by atoms with Gasteiger partial charge in [0.25, 0.3) is 5.91 Å². The fourth-order valence-corrected chi connectivity index (χ4v) is 2.80. The molecule has 1 aromatic carbocycles. The number of benzene rings is 1. The van der Waals surface area contributed by atoms with Gasteiger partial charge in [0.15, 0.2) is 0 Å². The number of amides is 1. The van der Waals surface area contributed by atoms with Crippen molar-refractivity contribution in [1.82, 2.24) is 4.90 Å². The van der Waals surface area contributed by atoms with Crippen LogP contribution in [0, 0.1) is 0 Å². The molecular formula is C13H16BrNO3. The summed E-state index contributed by atoms with van der Waals surface area (Å²) in [5.74, 6) is 0.668. The van der Waals surface area contributed by atoms with Gasteiger partial charge in [0.05, 0.1) is 24.2 Å². The Morgan fingerprint density at radius 2 is 2.39 bits per heavy atom. The monoisotopic (exact) mass is 313 g/mol. The second-order valence-corrected chi connectivity index (χ2v) is 5.18. The van der Waals surface area contributed by atoms with Crippen molar-refractivity contribution in [3.05, 3.63) is 28.2 Å². The number of hydrogen-bond acceptors (Lipinski definition) is 3. The highest BCUT2D eigenvalue weighted by atomic mass is 79.9. The third-order valence-corrected chi connectivity index (χ3v) is 3.87. The summed E-state index contributed by atoms with van der Waals surface area (Å²) >= 11 is 3.37. The molecule has 0 unspecified atom stereocenters. The van der Waals surface area contributed by atoms with Crippen LogP contribution in [-0.4, -0.2) is 42.2 Å². The van der Waals surface area contributed by atoms with E-state index in [0.717, 1.165) is 17.3 Å². The number of aliphatic hydroxyl groups is 1. The van der Waals surface area contributed by atoms with Crippen molar-refractivity contribution in [1.29, 1.82) is 0 Å². The molecule has 1 N–H and O–H groups in total. The Hall–Kier alpha value is -1.07. The van der Waals surface area contributed by atoms with E-state index >= 15 is 0 Å². The summed E-state index contributed by atoms with van der Waals surface area (Å²) in [6.45, 7) is 0.747. The molecule has 0 bridgehead atoms. The van der Waals surface area contributed by atoms with E-state index in [9.17, 15) is 9.90 Å². The highest BCUT2D eigenvalue weighted by Gasteiger charge is 2.28. The lowest BCUT2D eigenvalue weighted by Crippen LogP contribution is -2.37. The van der Waals surface area contributed by atoms with Crippen LogP contribution < -0.4 is 4.74 Å². The van der Waals surface area contributed by atoms with Crippen molar-refractivity contribution in [2.45, 2.75) is 18.9 Å². The lowest BCUT2D eigenvalue weighted by Gasteiger charge is -2.23. The molecule has 1 aliphatic heterocycles. The molecule has 1 aliphatic rings. The summed E-state index contributed by atoms with van der Waals surface area (Å²) in [7, 11) is 1.59. The molecule has 0 spiro atoms. The standard InChI is InChI=1S/C13H16BrNO3/c1-18-12-5-4-9(7-11(12)14)13(17)15-6-2-3-10(15)8-16/h4-5,7,10,16H,2-3,6,8H2,1H3/t10-/m0/s1. The highest BCUT2D eigenvalue weighted by molar-refractivity contribution is 9.10. The average molecular weight is 314 g/mol. The summed E-state index contributed by atoms with van der Waals surface area (Å²) in [6, 6.07) is 5.23. The first-order chi connectivity index (χ1) is 8.67. The van der Waals surface area contributed by atoms with Gasteiger partial charge in [-0.15, -0.1) is 0 Å². The maximum absolute atomic E-state index is 12.3. The van der Waals surface area contributed by atoms with E-state index in [1.807, 2.05) is 0 Å². The van der Waals surface area contributed by atoms with Crippen LogP contribution in [0.4, 0.5) is 0 Å². The van der Waals surface area contributed by atoms with Crippen LogP contribution in [0.15, 0.2) is 22.7 Å². The van der Waals surface area contributed by atoms with Crippen LogP contribution in [0.2, 0.25) is 0 Å². The van der Waals surface area contributed by atoms with Crippen LogP contribution in [0.25, 0.3) is 0 Å². The maximum Gasteiger partial charge on any atom is 0.254 e. The number of methoxy groups -OCH3 is 1. The van der Waals surface area contributed by atoms with Crippen molar-refractivity contribution in [3.63, 3.8) is 0 Å². The molecule has 18 heavy (non-hydrogen) atoms. The van der Waals surface area contributed by atoms with Gasteiger partial charge in [-0.05, 0) is 47.0 Å². The maximum atomic E-state index is 12.3. The summed E-state index contributed by atoms with van der Waals surface area (Å²) < 4.78 is 5.90. The van der Waals surface area contributed by atoms with Gasteiger partial charge < -0.3 is 14.7 Å². The van der Waals surface area contributed by atoms with E-state index in [4.69, 9.17) is 4.74 Å². The Labute approximate surface area is 115 Å². The van der Waals surface area contributed by atoms with Crippen molar-refractivity contribution in [2.24, 2.45) is 0 Å². The highest BCUT2D eigenvalue weighted by Crippen LogP contribution is 2.27. The van der Waals surface area contributed by atoms with Crippen molar-refractivity contribution >= 4 is 21.8 Å². The Morgan fingerprint density at radius 1 is 1.61 bits per heavy atom. The molecule has 0 saturated carbocycles. The van der Waals surface area contributed by atoms with Gasteiger partial charge in [0.2, 0.25) is 0 Å². The Morgan fingerprint density at radius 3 is 3.00 bits per heavy atom. The van der Waals surface area contributed by atoms with E-state index in [-0.39, 0.29) is 18.6 Å². The predicted octanol–water partition coefficient (Wildman–Crippen LogP) is 2.05. The number of carbonyl (C=O) groups excluding carboxylic acids is 1. The smallest absolute Gasteiger partial charge is 0.254 e. The zero-order chi connectivity index (χ0) is 13.1. The molecule has 4 nitrogen and oxygen atoms in total. The second-order valence-electron chi connectivity index (χ2n) is 4.33. The Kier molecular flexibility index (Phi) is 4.24. The Balaban J connectivity index is 2.21. The minimum absolute atomic E-state index is 0.0308. The molecular weight excluding hydrogens is 298 g/mol. The van der Waals surface area contributed by atoms with Crippen molar-refractivity contribution < 1.29 is 14.6 Å². The normalized spacial score (nSPS) is 19.1. The van der Waals surface area contributed by atoms with Gasteiger partial charge in [0.1, 0.15) is 5.75 Å². The summed E-state index contributed by atoms with van der Waals surface area (Å²) in [5.41, 5.74) is 0.614.